The van der Waals surface area contributed by atoms with E-state index in [4.69, 9.17) is 0 Å². The Morgan fingerprint density at radius 3 is 2.94 bits per heavy atom. The van der Waals surface area contributed by atoms with Gasteiger partial charge < -0.3 is 20.8 Å². The highest BCUT2D eigenvalue weighted by Gasteiger charge is 2.19. The van der Waals surface area contributed by atoms with E-state index in [9.17, 15) is 10.2 Å². The molecule has 0 aromatic heterocycles. The first-order valence-electron chi connectivity index (χ1n) is 6.55. The van der Waals surface area contributed by atoms with Crippen molar-refractivity contribution < 1.29 is 10.2 Å². The third-order valence-electron chi connectivity index (χ3n) is 3.51. The Bertz CT molecular complexity index is 395. The molecule has 0 saturated heterocycles. The van der Waals surface area contributed by atoms with E-state index in [0.717, 1.165) is 25.1 Å². The molecular weight excluding hydrogens is 228 g/mol. The molecule has 1 aliphatic rings. The smallest absolute Gasteiger partial charge is 0.105 e. The number of hydrogen-bond acceptors (Lipinski definition) is 4. The minimum atomic E-state index is -0.793. The lowest BCUT2D eigenvalue weighted by molar-refractivity contribution is 0.0140. The molecule has 4 nitrogen and oxygen atoms in total. The monoisotopic (exact) mass is 250 g/mol. The predicted octanol–water partition coefficient (Wildman–Crippen LogP) is 0.336. The lowest BCUT2D eigenvalue weighted by Gasteiger charge is -2.22. The van der Waals surface area contributed by atoms with Crippen LogP contribution in [0.25, 0.3) is 0 Å². The third-order valence-corrected chi connectivity index (χ3v) is 3.51. The van der Waals surface area contributed by atoms with Gasteiger partial charge in [0.25, 0.3) is 0 Å². The molecule has 18 heavy (non-hydrogen) atoms. The summed E-state index contributed by atoms with van der Waals surface area (Å²) < 4.78 is 0. The second-order valence-corrected chi connectivity index (χ2v) is 4.86. The van der Waals surface area contributed by atoms with Crippen LogP contribution in [0.1, 0.15) is 29.2 Å². The van der Waals surface area contributed by atoms with Gasteiger partial charge >= 0.3 is 0 Å². The van der Waals surface area contributed by atoms with Crippen molar-refractivity contribution in [1.82, 2.24) is 10.6 Å². The summed E-state index contributed by atoms with van der Waals surface area (Å²) in [6.07, 6.45) is 0.0366. The van der Waals surface area contributed by atoms with E-state index in [2.05, 4.69) is 10.6 Å². The maximum absolute atomic E-state index is 10.1. The molecule has 0 spiro atoms. The molecule has 0 fully saturated rings. The van der Waals surface area contributed by atoms with Gasteiger partial charge in [0.2, 0.25) is 0 Å². The van der Waals surface area contributed by atoms with Gasteiger partial charge in [-0.2, -0.15) is 0 Å². The van der Waals surface area contributed by atoms with E-state index >= 15 is 0 Å². The molecule has 0 radical (unpaired) electrons. The van der Waals surface area contributed by atoms with Crippen LogP contribution in [0.5, 0.6) is 0 Å². The summed E-state index contributed by atoms with van der Waals surface area (Å²) in [6, 6.07) is 5.99. The fourth-order valence-corrected chi connectivity index (χ4v) is 2.35. The van der Waals surface area contributed by atoms with E-state index in [0.29, 0.717) is 13.0 Å². The zero-order chi connectivity index (χ0) is 13.0. The molecule has 1 aromatic rings. The molecule has 2 unspecified atom stereocenters. The summed E-state index contributed by atoms with van der Waals surface area (Å²) in [4.78, 5) is 0. The van der Waals surface area contributed by atoms with Gasteiger partial charge in [-0.05, 0) is 49.7 Å². The van der Waals surface area contributed by atoms with E-state index in [1.807, 2.05) is 25.2 Å². The third kappa shape index (κ3) is 3.09. The van der Waals surface area contributed by atoms with Crippen molar-refractivity contribution in [2.45, 2.75) is 31.6 Å². The maximum atomic E-state index is 10.1. The number of rotatable bonds is 5. The molecular formula is C14H22N2O2. The highest BCUT2D eigenvalue weighted by molar-refractivity contribution is 5.35. The molecule has 0 bridgehead atoms. The van der Waals surface area contributed by atoms with Crippen molar-refractivity contribution in [3.05, 3.63) is 34.9 Å². The van der Waals surface area contributed by atoms with Crippen LogP contribution in [0.3, 0.4) is 0 Å². The molecule has 100 valence electrons. The number of nitrogens with one attached hydrogen (secondary N) is 2. The van der Waals surface area contributed by atoms with Crippen molar-refractivity contribution in [3.8, 4) is 0 Å². The molecule has 0 aliphatic carbocycles. The Morgan fingerprint density at radius 2 is 2.17 bits per heavy atom. The van der Waals surface area contributed by atoms with Crippen LogP contribution in [0, 0.1) is 0 Å². The Kier molecular flexibility index (Phi) is 4.72. The van der Waals surface area contributed by atoms with Crippen molar-refractivity contribution in [2.24, 2.45) is 0 Å². The molecule has 0 saturated carbocycles. The van der Waals surface area contributed by atoms with Crippen LogP contribution in [-0.4, -0.2) is 36.5 Å². The van der Waals surface area contributed by atoms with Gasteiger partial charge in [0.05, 0.1) is 6.10 Å². The van der Waals surface area contributed by atoms with Gasteiger partial charge in [0.15, 0.2) is 0 Å². The minimum absolute atomic E-state index is 0.552. The van der Waals surface area contributed by atoms with Crippen LogP contribution in [0.4, 0.5) is 0 Å². The Balaban J connectivity index is 2.08. The predicted molar refractivity (Wildman–Crippen MR) is 71.4 cm³/mol. The van der Waals surface area contributed by atoms with Crippen molar-refractivity contribution >= 4 is 0 Å². The zero-order valence-corrected chi connectivity index (χ0v) is 10.8. The Morgan fingerprint density at radius 1 is 1.33 bits per heavy atom. The molecule has 0 amide bonds. The maximum Gasteiger partial charge on any atom is 0.105 e. The van der Waals surface area contributed by atoms with Gasteiger partial charge in [-0.3, -0.25) is 0 Å². The van der Waals surface area contributed by atoms with E-state index < -0.39 is 12.2 Å². The van der Waals surface area contributed by atoms with Crippen molar-refractivity contribution in [2.75, 3.05) is 20.1 Å². The molecule has 1 aliphatic heterocycles. The van der Waals surface area contributed by atoms with Gasteiger partial charge in [-0.15, -0.1) is 0 Å². The number of hydrogen-bond donors (Lipinski definition) is 4. The van der Waals surface area contributed by atoms with Crippen LogP contribution in [-0.2, 0) is 13.0 Å². The Labute approximate surface area is 108 Å². The highest BCUT2D eigenvalue weighted by Crippen LogP contribution is 2.23. The van der Waals surface area contributed by atoms with E-state index in [1.165, 1.54) is 11.1 Å². The average molecular weight is 250 g/mol. The first-order valence-corrected chi connectivity index (χ1v) is 6.55. The fraction of sp³-hybridized carbons (Fsp3) is 0.571. The number of aliphatic hydroxyl groups is 2. The first kappa shape index (κ1) is 13.5. The molecule has 4 N–H and O–H groups in total. The quantitative estimate of drug-likeness (QED) is 0.608. The van der Waals surface area contributed by atoms with Crippen LogP contribution < -0.4 is 10.6 Å². The number of fused-ring (bicyclic) bond motifs is 1. The summed E-state index contributed by atoms with van der Waals surface area (Å²) in [7, 11) is 1.84. The molecule has 2 rings (SSSR count). The molecule has 4 heteroatoms. The average Bonchev–Trinajstić information content (AvgIpc) is 2.43. The molecule has 1 heterocycles. The normalized spacial score (nSPS) is 18.2. The van der Waals surface area contributed by atoms with Crippen LogP contribution in [0.15, 0.2) is 18.2 Å². The first-order chi connectivity index (χ1) is 8.72. The second-order valence-electron chi connectivity index (χ2n) is 4.86. The highest BCUT2D eigenvalue weighted by atomic mass is 16.3. The van der Waals surface area contributed by atoms with Crippen molar-refractivity contribution in [3.63, 3.8) is 0 Å². The van der Waals surface area contributed by atoms with Crippen molar-refractivity contribution in [1.29, 1.82) is 0 Å². The van der Waals surface area contributed by atoms with E-state index in [1.54, 1.807) is 0 Å². The lowest BCUT2D eigenvalue weighted by Crippen LogP contribution is -2.25. The number of benzene rings is 1. The molecule has 2 atom stereocenters. The topological polar surface area (TPSA) is 64.5 Å². The van der Waals surface area contributed by atoms with E-state index in [-0.39, 0.29) is 0 Å². The van der Waals surface area contributed by atoms with Gasteiger partial charge in [-0.1, -0.05) is 18.2 Å². The summed E-state index contributed by atoms with van der Waals surface area (Å²) in [5, 5.41) is 26.3. The Hall–Kier alpha value is -0.940. The summed E-state index contributed by atoms with van der Waals surface area (Å²) >= 11 is 0. The molecule has 1 aromatic carbocycles. The zero-order valence-electron chi connectivity index (χ0n) is 10.8. The largest absolute Gasteiger partial charge is 0.390 e. The van der Waals surface area contributed by atoms with Gasteiger partial charge in [-0.25, -0.2) is 0 Å². The SMILES string of the molecule is CNCCC(O)C(O)c1ccc2c(c1)CCNC2. The lowest BCUT2D eigenvalue weighted by atomic mass is 9.94. The van der Waals surface area contributed by atoms with Crippen LogP contribution in [0.2, 0.25) is 0 Å². The standard InChI is InChI=1S/C14H22N2O2/c1-15-6-5-13(17)14(18)11-2-3-12-9-16-7-4-10(12)8-11/h2-3,8,13-18H,4-7,9H2,1H3. The number of aliphatic hydroxyl groups excluding tert-OH is 2. The second kappa shape index (κ2) is 6.29. The fourth-order valence-electron chi connectivity index (χ4n) is 2.35. The summed E-state index contributed by atoms with van der Waals surface area (Å²) in [6.45, 7) is 2.58. The summed E-state index contributed by atoms with van der Waals surface area (Å²) in [5.41, 5.74) is 3.40. The van der Waals surface area contributed by atoms with Crippen LogP contribution >= 0.6 is 0 Å². The minimum Gasteiger partial charge on any atom is -0.390 e. The van der Waals surface area contributed by atoms with Gasteiger partial charge in [0, 0.05) is 6.54 Å². The summed E-state index contributed by atoms with van der Waals surface area (Å²) in [5.74, 6) is 0. The van der Waals surface area contributed by atoms with Gasteiger partial charge in [0.1, 0.15) is 6.10 Å².